The average molecular weight is 261 g/mol. The maximum atomic E-state index is 5.17. The van der Waals surface area contributed by atoms with Crippen molar-refractivity contribution in [2.24, 2.45) is 0 Å². The van der Waals surface area contributed by atoms with Crippen LogP contribution in [0, 0.1) is 0 Å². The summed E-state index contributed by atoms with van der Waals surface area (Å²) >= 11 is 1.79. The van der Waals surface area contributed by atoms with Gasteiger partial charge in [0.25, 0.3) is 0 Å². The van der Waals surface area contributed by atoms with Gasteiger partial charge in [0, 0.05) is 17.0 Å². The summed E-state index contributed by atoms with van der Waals surface area (Å²) in [6.07, 6.45) is 0. The molecule has 1 aromatic carbocycles. The van der Waals surface area contributed by atoms with Crippen LogP contribution in [0.3, 0.4) is 0 Å². The summed E-state index contributed by atoms with van der Waals surface area (Å²) in [4.78, 5) is 1.37. The molecule has 0 spiro atoms. The Bertz CT molecular complexity index is 464. The van der Waals surface area contributed by atoms with Crippen LogP contribution in [0.5, 0.6) is 5.75 Å². The Morgan fingerprint density at radius 2 is 1.78 bits per heavy atom. The first kappa shape index (κ1) is 13.1. The van der Waals surface area contributed by atoms with Crippen molar-refractivity contribution >= 4 is 11.3 Å². The molecule has 2 nitrogen and oxygen atoms in total. The molecule has 0 aliphatic heterocycles. The molecule has 0 amide bonds. The van der Waals surface area contributed by atoms with Crippen LogP contribution < -0.4 is 10.1 Å². The predicted octanol–water partition coefficient (Wildman–Crippen LogP) is 4.17. The number of hydrogen-bond donors (Lipinski definition) is 1. The Morgan fingerprint density at radius 1 is 1.06 bits per heavy atom. The molecule has 1 N–H and O–H groups in total. The highest BCUT2D eigenvalue weighted by atomic mass is 32.1. The van der Waals surface area contributed by atoms with Crippen molar-refractivity contribution in [3.63, 3.8) is 0 Å². The zero-order valence-corrected chi connectivity index (χ0v) is 11.8. The minimum atomic E-state index is 0.327. The smallest absolute Gasteiger partial charge is 0.118 e. The fourth-order valence-corrected chi connectivity index (χ4v) is 2.73. The monoisotopic (exact) mass is 261 g/mol. The first-order valence-corrected chi connectivity index (χ1v) is 7.02. The van der Waals surface area contributed by atoms with Gasteiger partial charge in [0.05, 0.1) is 7.11 Å². The van der Waals surface area contributed by atoms with Crippen LogP contribution in [0.15, 0.2) is 41.8 Å². The van der Waals surface area contributed by atoms with Crippen LogP contribution in [0.25, 0.3) is 0 Å². The fraction of sp³-hybridized carbons (Fsp3) is 0.333. The van der Waals surface area contributed by atoms with E-state index in [1.807, 2.05) is 12.1 Å². The molecule has 3 heteroatoms. The van der Waals surface area contributed by atoms with Gasteiger partial charge in [-0.1, -0.05) is 18.2 Å². The highest BCUT2D eigenvalue weighted by Crippen LogP contribution is 2.23. The molecule has 0 fully saturated rings. The van der Waals surface area contributed by atoms with Crippen LogP contribution in [0.2, 0.25) is 0 Å². The lowest BCUT2D eigenvalue weighted by molar-refractivity contribution is 0.414. The largest absolute Gasteiger partial charge is 0.497 e. The molecule has 0 radical (unpaired) electrons. The summed E-state index contributed by atoms with van der Waals surface area (Å²) in [5.74, 6) is 0.900. The summed E-state index contributed by atoms with van der Waals surface area (Å²) < 4.78 is 5.17. The van der Waals surface area contributed by atoms with E-state index >= 15 is 0 Å². The summed E-state index contributed by atoms with van der Waals surface area (Å²) in [5.41, 5.74) is 1.28. The molecule has 1 unspecified atom stereocenters. The van der Waals surface area contributed by atoms with Gasteiger partial charge in [0.2, 0.25) is 0 Å². The Hall–Kier alpha value is -1.32. The van der Waals surface area contributed by atoms with E-state index in [1.54, 1.807) is 18.4 Å². The number of nitrogens with one attached hydrogen (secondary N) is 1. The van der Waals surface area contributed by atoms with E-state index in [0.717, 1.165) is 5.75 Å². The van der Waals surface area contributed by atoms with Gasteiger partial charge in [-0.2, -0.15) is 0 Å². The van der Waals surface area contributed by atoms with Crippen LogP contribution >= 0.6 is 11.3 Å². The molecule has 18 heavy (non-hydrogen) atoms. The summed E-state index contributed by atoms with van der Waals surface area (Å²) in [7, 11) is 1.69. The molecule has 96 valence electrons. The second kappa shape index (κ2) is 6.03. The lowest BCUT2D eigenvalue weighted by Gasteiger charge is -2.19. The zero-order chi connectivity index (χ0) is 13.0. The maximum absolute atomic E-state index is 5.17. The van der Waals surface area contributed by atoms with E-state index in [1.165, 1.54) is 10.4 Å². The number of rotatable bonds is 5. The van der Waals surface area contributed by atoms with Gasteiger partial charge >= 0.3 is 0 Å². The summed E-state index contributed by atoms with van der Waals surface area (Å²) in [6, 6.07) is 13.2. The van der Waals surface area contributed by atoms with E-state index in [9.17, 15) is 0 Å². The lowest BCUT2D eigenvalue weighted by atomic mass is 10.1. The number of benzene rings is 1. The zero-order valence-electron chi connectivity index (χ0n) is 11.0. The number of hydrogen-bond acceptors (Lipinski definition) is 3. The molecular formula is C15H19NOS. The SMILES string of the molecule is COc1ccc(C(C)N[C@@H](C)c2cccs2)cc1. The van der Waals surface area contributed by atoms with Gasteiger partial charge in [-0.25, -0.2) is 0 Å². The minimum absolute atomic E-state index is 0.327. The first-order valence-electron chi connectivity index (χ1n) is 6.14. The molecule has 0 saturated carbocycles. The predicted molar refractivity (Wildman–Crippen MR) is 77.3 cm³/mol. The van der Waals surface area contributed by atoms with Crippen molar-refractivity contribution in [3.8, 4) is 5.75 Å². The fourth-order valence-electron chi connectivity index (χ4n) is 1.98. The molecule has 0 aliphatic rings. The minimum Gasteiger partial charge on any atom is -0.497 e. The van der Waals surface area contributed by atoms with Gasteiger partial charge in [-0.3, -0.25) is 0 Å². The molecule has 0 aliphatic carbocycles. The Labute approximate surface area is 113 Å². The van der Waals surface area contributed by atoms with Gasteiger partial charge in [0.15, 0.2) is 0 Å². The van der Waals surface area contributed by atoms with Crippen LogP contribution in [-0.2, 0) is 0 Å². The summed E-state index contributed by atoms with van der Waals surface area (Å²) in [6.45, 7) is 4.39. The second-order valence-electron chi connectivity index (χ2n) is 4.40. The van der Waals surface area contributed by atoms with E-state index < -0.39 is 0 Å². The standard InChI is InChI=1S/C15H19NOS/c1-11(13-6-8-14(17-3)9-7-13)16-12(2)15-5-4-10-18-15/h4-12,16H,1-3H3/t11?,12-/m0/s1. The average Bonchev–Trinajstić information content (AvgIpc) is 2.92. The van der Waals surface area contributed by atoms with Gasteiger partial charge in [-0.15, -0.1) is 11.3 Å². The van der Waals surface area contributed by atoms with Crippen LogP contribution in [-0.4, -0.2) is 7.11 Å². The van der Waals surface area contributed by atoms with E-state index in [4.69, 9.17) is 4.74 Å². The van der Waals surface area contributed by atoms with Crippen molar-refractivity contribution in [1.29, 1.82) is 0 Å². The third-order valence-electron chi connectivity index (χ3n) is 3.09. The molecule has 2 rings (SSSR count). The number of ether oxygens (including phenoxy) is 1. The topological polar surface area (TPSA) is 21.3 Å². The molecular weight excluding hydrogens is 242 g/mol. The van der Waals surface area contributed by atoms with Crippen LogP contribution in [0.1, 0.15) is 36.4 Å². The van der Waals surface area contributed by atoms with Crippen molar-refractivity contribution in [3.05, 3.63) is 52.2 Å². The van der Waals surface area contributed by atoms with E-state index in [0.29, 0.717) is 12.1 Å². The molecule has 0 saturated heterocycles. The summed E-state index contributed by atoms with van der Waals surface area (Å²) in [5, 5.41) is 5.72. The molecule has 2 atom stereocenters. The van der Waals surface area contributed by atoms with Crippen molar-refractivity contribution in [2.45, 2.75) is 25.9 Å². The Kier molecular flexibility index (Phi) is 4.39. The van der Waals surface area contributed by atoms with E-state index in [2.05, 4.69) is 48.8 Å². The van der Waals surface area contributed by atoms with E-state index in [-0.39, 0.29) is 0 Å². The second-order valence-corrected chi connectivity index (χ2v) is 5.38. The molecule has 2 aromatic rings. The number of thiophene rings is 1. The molecule has 1 heterocycles. The normalized spacial score (nSPS) is 14.2. The Morgan fingerprint density at radius 3 is 2.33 bits per heavy atom. The first-order chi connectivity index (χ1) is 8.70. The quantitative estimate of drug-likeness (QED) is 0.872. The van der Waals surface area contributed by atoms with Crippen molar-refractivity contribution in [2.75, 3.05) is 7.11 Å². The third-order valence-corrected chi connectivity index (χ3v) is 4.14. The highest BCUT2D eigenvalue weighted by molar-refractivity contribution is 7.10. The van der Waals surface area contributed by atoms with Gasteiger partial charge in [-0.05, 0) is 43.0 Å². The highest BCUT2D eigenvalue weighted by Gasteiger charge is 2.11. The lowest BCUT2D eigenvalue weighted by Crippen LogP contribution is -2.21. The van der Waals surface area contributed by atoms with Gasteiger partial charge in [0.1, 0.15) is 5.75 Å². The van der Waals surface area contributed by atoms with Gasteiger partial charge < -0.3 is 10.1 Å². The molecule has 0 bridgehead atoms. The van der Waals surface area contributed by atoms with Crippen LogP contribution in [0.4, 0.5) is 0 Å². The molecule has 1 aromatic heterocycles. The Balaban J connectivity index is 2.00. The van der Waals surface area contributed by atoms with Crippen molar-refractivity contribution < 1.29 is 4.74 Å². The number of methoxy groups -OCH3 is 1. The third kappa shape index (κ3) is 3.12. The maximum Gasteiger partial charge on any atom is 0.118 e. The van der Waals surface area contributed by atoms with Crippen molar-refractivity contribution in [1.82, 2.24) is 5.32 Å².